The number of hydrogen-bond acceptors (Lipinski definition) is 3. The number of methoxy groups -OCH3 is 2. The second-order valence-corrected chi connectivity index (χ2v) is 4.54. The maximum Gasteiger partial charge on any atom is 0.225 e. The predicted octanol–water partition coefficient (Wildman–Crippen LogP) is 2.32. The zero-order valence-corrected chi connectivity index (χ0v) is 11.7. The zero-order valence-electron chi connectivity index (χ0n) is 11.7. The molecule has 0 N–H and O–H groups in total. The molecule has 0 aromatic heterocycles. The van der Waals surface area contributed by atoms with Crippen molar-refractivity contribution in [1.29, 1.82) is 0 Å². The van der Waals surface area contributed by atoms with Crippen molar-refractivity contribution in [1.82, 2.24) is 4.90 Å². The number of amides is 1. The minimum Gasteiger partial charge on any atom is -0.493 e. The number of benzene rings is 1. The number of nitrogens with zero attached hydrogens (tertiary/aromatic N) is 1. The van der Waals surface area contributed by atoms with Gasteiger partial charge in [0.2, 0.25) is 5.91 Å². The van der Waals surface area contributed by atoms with E-state index in [1.165, 1.54) is 0 Å². The molecule has 18 heavy (non-hydrogen) atoms. The Morgan fingerprint density at radius 2 is 1.83 bits per heavy atom. The quantitative estimate of drug-likeness (QED) is 0.806. The second kappa shape index (κ2) is 6.28. The van der Waals surface area contributed by atoms with E-state index in [1.807, 2.05) is 32.0 Å². The van der Waals surface area contributed by atoms with E-state index in [0.717, 1.165) is 5.56 Å². The molecule has 0 atom stereocenters. The molecule has 0 radical (unpaired) electrons. The highest BCUT2D eigenvalue weighted by Crippen LogP contribution is 2.27. The molecule has 1 rings (SSSR count). The fraction of sp³-hybridized carbons (Fsp3) is 0.500. The molecule has 100 valence electrons. The summed E-state index contributed by atoms with van der Waals surface area (Å²) in [6.45, 7) is 4.36. The highest BCUT2D eigenvalue weighted by atomic mass is 16.5. The van der Waals surface area contributed by atoms with Gasteiger partial charge in [-0.1, -0.05) is 19.9 Å². The van der Waals surface area contributed by atoms with Crippen molar-refractivity contribution in [3.8, 4) is 11.5 Å². The molecule has 0 bridgehead atoms. The van der Waals surface area contributed by atoms with Crippen LogP contribution in [0.5, 0.6) is 11.5 Å². The Hall–Kier alpha value is -1.71. The summed E-state index contributed by atoms with van der Waals surface area (Å²) in [5.74, 6) is 1.51. The van der Waals surface area contributed by atoms with Crippen LogP contribution < -0.4 is 9.47 Å². The summed E-state index contributed by atoms with van der Waals surface area (Å²) in [6, 6.07) is 5.68. The summed E-state index contributed by atoms with van der Waals surface area (Å²) in [7, 11) is 5.01. The lowest BCUT2D eigenvalue weighted by Crippen LogP contribution is -2.29. The van der Waals surface area contributed by atoms with Crippen molar-refractivity contribution in [3.05, 3.63) is 23.8 Å². The predicted molar refractivity (Wildman–Crippen MR) is 70.9 cm³/mol. The van der Waals surface area contributed by atoms with Crippen LogP contribution in [0.15, 0.2) is 18.2 Å². The largest absolute Gasteiger partial charge is 0.493 e. The van der Waals surface area contributed by atoms with Gasteiger partial charge in [0.25, 0.3) is 0 Å². The first-order chi connectivity index (χ1) is 8.49. The van der Waals surface area contributed by atoms with Gasteiger partial charge >= 0.3 is 0 Å². The molecule has 0 fully saturated rings. The van der Waals surface area contributed by atoms with Gasteiger partial charge in [-0.25, -0.2) is 0 Å². The fourth-order valence-corrected chi connectivity index (χ4v) is 1.77. The SMILES string of the molecule is COc1ccc(CN(C)C(=O)C(C)C)cc1OC. The van der Waals surface area contributed by atoms with Gasteiger partial charge in [0.15, 0.2) is 11.5 Å². The molecular formula is C14H21NO3. The summed E-state index contributed by atoms with van der Waals surface area (Å²) in [6.07, 6.45) is 0. The summed E-state index contributed by atoms with van der Waals surface area (Å²) >= 11 is 0. The minimum atomic E-state index is 0.00939. The second-order valence-electron chi connectivity index (χ2n) is 4.54. The smallest absolute Gasteiger partial charge is 0.225 e. The van der Waals surface area contributed by atoms with Crippen LogP contribution in [0.3, 0.4) is 0 Å². The number of carbonyl (C=O) groups is 1. The van der Waals surface area contributed by atoms with Crippen LogP contribution in [0.1, 0.15) is 19.4 Å². The lowest BCUT2D eigenvalue weighted by Gasteiger charge is -2.20. The van der Waals surface area contributed by atoms with Crippen molar-refractivity contribution in [2.24, 2.45) is 5.92 Å². The van der Waals surface area contributed by atoms with E-state index in [1.54, 1.807) is 26.2 Å². The summed E-state index contributed by atoms with van der Waals surface area (Å²) in [4.78, 5) is 13.5. The Bertz CT molecular complexity index is 416. The van der Waals surface area contributed by atoms with Gasteiger partial charge in [-0.2, -0.15) is 0 Å². The van der Waals surface area contributed by atoms with Crippen molar-refractivity contribution < 1.29 is 14.3 Å². The third-order valence-corrected chi connectivity index (χ3v) is 2.74. The molecule has 0 unspecified atom stereocenters. The molecule has 1 amide bonds. The Morgan fingerprint density at radius 3 is 2.33 bits per heavy atom. The first-order valence-electron chi connectivity index (χ1n) is 5.95. The highest BCUT2D eigenvalue weighted by molar-refractivity contribution is 5.77. The normalized spacial score (nSPS) is 10.3. The Labute approximate surface area is 108 Å². The van der Waals surface area contributed by atoms with Gasteiger partial charge in [-0.05, 0) is 17.7 Å². The molecule has 0 aliphatic rings. The number of rotatable bonds is 5. The van der Waals surface area contributed by atoms with Crippen LogP contribution in [-0.4, -0.2) is 32.1 Å². The first kappa shape index (κ1) is 14.4. The van der Waals surface area contributed by atoms with Gasteiger partial charge in [0.1, 0.15) is 0 Å². The van der Waals surface area contributed by atoms with Crippen molar-refractivity contribution >= 4 is 5.91 Å². The maximum absolute atomic E-state index is 11.8. The van der Waals surface area contributed by atoms with Gasteiger partial charge in [0.05, 0.1) is 14.2 Å². The van der Waals surface area contributed by atoms with E-state index < -0.39 is 0 Å². The molecule has 4 nitrogen and oxygen atoms in total. The standard InChI is InChI=1S/C14H21NO3/c1-10(2)14(16)15(3)9-11-6-7-12(17-4)13(8-11)18-5/h6-8,10H,9H2,1-5H3. The monoisotopic (exact) mass is 251 g/mol. The molecule has 1 aromatic rings. The summed E-state index contributed by atoms with van der Waals surface area (Å²) in [5.41, 5.74) is 1.02. The molecule has 0 aliphatic carbocycles. The van der Waals surface area contributed by atoms with Gasteiger partial charge in [-0.3, -0.25) is 4.79 Å². The average Bonchev–Trinajstić information content (AvgIpc) is 2.37. The Balaban J connectivity index is 2.82. The number of hydrogen-bond donors (Lipinski definition) is 0. The van der Waals surface area contributed by atoms with E-state index in [0.29, 0.717) is 18.0 Å². The molecule has 1 aromatic carbocycles. The minimum absolute atomic E-state index is 0.00939. The van der Waals surface area contributed by atoms with Crippen LogP contribution >= 0.6 is 0 Å². The lowest BCUT2D eigenvalue weighted by atomic mass is 10.1. The van der Waals surface area contributed by atoms with Gasteiger partial charge in [-0.15, -0.1) is 0 Å². The van der Waals surface area contributed by atoms with Gasteiger partial charge in [0, 0.05) is 19.5 Å². The van der Waals surface area contributed by atoms with E-state index in [9.17, 15) is 4.79 Å². The number of ether oxygens (including phenoxy) is 2. The first-order valence-corrected chi connectivity index (χ1v) is 5.95. The molecule has 0 spiro atoms. The van der Waals surface area contributed by atoms with E-state index in [4.69, 9.17) is 9.47 Å². The zero-order chi connectivity index (χ0) is 13.7. The van der Waals surface area contributed by atoms with Crippen molar-refractivity contribution in [2.75, 3.05) is 21.3 Å². The van der Waals surface area contributed by atoms with E-state index in [2.05, 4.69) is 0 Å². The maximum atomic E-state index is 11.8. The third-order valence-electron chi connectivity index (χ3n) is 2.74. The molecule has 0 saturated heterocycles. The lowest BCUT2D eigenvalue weighted by molar-refractivity contribution is -0.133. The van der Waals surface area contributed by atoms with E-state index in [-0.39, 0.29) is 11.8 Å². The van der Waals surface area contributed by atoms with Crippen molar-refractivity contribution in [2.45, 2.75) is 20.4 Å². The molecular weight excluding hydrogens is 230 g/mol. The third kappa shape index (κ3) is 3.39. The van der Waals surface area contributed by atoms with Crippen LogP contribution in [0.2, 0.25) is 0 Å². The topological polar surface area (TPSA) is 38.8 Å². The van der Waals surface area contributed by atoms with Crippen LogP contribution in [0, 0.1) is 5.92 Å². The Kier molecular flexibility index (Phi) is 5.01. The summed E-state index contributed by atoms with van der Waals surface area (Å²) < 4.78 is 10.4. The van der Waals surface area contributed by atoms with Gasteiger partial charge < -0.3 is 14.4 Å². The average molecular weight is 251 g/mol. The molecule has 4 heteroatoms. The van der Waals surface area contributed by atoms with Crippen molar-refractivity contribution in [3.63, 3.8) is 0 Å². The van der Waals surface area contributed by atoms with Crippen LogP contribution in [0.4, 0.5) is 0 Å². The molecule has 0 heterocycles. The highest BCUT2D eigenvalue weighted by Gasteiger charge is 2.14. The van der Waals surface area contributed by atoms with Crippen LogP contribution in [0.25, 0.3) is 0 Å². The number of carbonyl (C=O) groups excluding carboxylic acids is 1. The van der Waals surface area contributed by atoms with E-state index >= 15 is 0 Å². The molecule has 0 saturated carbocycles. The fourth-order valence-electron chi connectivity index (χ4n) is 1.77. The summed E-state index contributed by atoms with van der Waals surface area (Å²) in [5, 5.41) is 0. The van der Waals surface area contributed by atoms with Crippen LogP contribution in [-0.2, 0) is 11.3 Å². The molecule has 0 aliphatic heterocycles. The Morgan fingerprint density at radius 1 is 1.22 bits per heavy atom.